The van der Waals surface area contributed by atoms with Crippen LogP contribution < -0.4 is 5.32 Å². The summed E-state index contributed by atoms with van der Waals surface area (Å²) in [5, 5.41) is 6.71. The standard InChI is InChI=1S/C18H19FN4O3/c19-13-6-4-5-12(9-13)10-14-20-15(26-22-14)11-23-16(24)18(21-17(23)25)7-2-1-3-8-18/h4-6,9H,1-3,7-8,10-11H2,(H,21,25). The van der Waals surface area contributed by atoms with E-state index in [1.54, 1.807) is 12.1 Å². The van der Waals surface area contributed by atoms with Crippen molar-refractivity contribution in [3.63, 3.8) is 0 Å². The largest absolute Gasteiger partial charge is 0.337 e. The zero-order valence-corrected chi connectivity index (χ0v) is 14.2. The molecule has 1 spiro atoms. The van der Waals surface area contributed by atoms with E-state index >= 15 is 0 Å². The lowest BCUT2D eigenvalue weighted by atomic mass is 9.82. The number of imide groups is 1. The van der Waals surface area contributed by atoms with Crippen LogP contribution in [0.15, 0.2) is 28.8 Å². The summed E-state index contributed by atoms with van der Waals surface area (Å²) in [5.41, 5.74) is -0.0479. The summed E-state index contributed by atoms with van der Waals surface area (Å²) in [6.07, 6.45) is 4.59. The van der Waals surface area contributed by atoms with Crippen molar-refractivity contribution in [1.82, 2.24) is 20.4 Å². The number of halogens is 1. The number of benzene rings is 1. The van der Waals surface area contributed by atoms with Crippen LogP contribution in [-0.4, -0.2) is 32.5 Å². The Bertz CT molecular complexity index is 844. The molecule has 1 aromatic heterocycles. The van der Waals surface area contributed by atoms with Gasteiger partial charge in [0.2, 0.25) is 5.89 Å². The molecule has 2 fully saturated rings. The fourth-order valence-electron chi connectivity index (χ4n) is 3.70. The van der Waals surface area contributed by atoms with Crippen molar-refractivity contribution in [1.29, 1.82) is 0 Å². The van der Waals surface area contributed by atoms with Crippen LogP contribution in [0.25, 0.3) is 0 Å². The Hall–Kier alpha value is -2.77. The summed E-state index contributed by atoms with van der Waals surface area (Å²) < 4.78 is 18.4. The second kappa shape index (κ2) is 6.51. The molecule has 0 radical (unpaired) electrons. The van der Waals surface area contributed by atoms with E-state index in [-0.39, 0.29) is 24.2 Å². The molecule has 1 aromatic carbocycles. The van der Waals surface area contributed by atoms with E-state index in [0.717, 1.165) is 24.2 Å². The molecule has 0 atom stereocenters. The third-order valence-electron chi connectivity index (χ3n) is 5.01. The van der Waals surface area contributed by atoms with Gasteiger partial charge in [-0.1, -0.05) is 36.6 Å². The lowest BCUT2D eigenvalue weighted by Gasteiger charge is -2.30. The van der Waals surface area contributed by atoms with Crippen molar-refractivity contribution in [2.24, 2.45) is 0 Å². The molecule has 7 nitrogen and oxygen atoms in total. The molecule has 0 bridgehead atoms. The zero-order chi connectivity index (χ0) is 18.1. The quantitative estimate of drug-likeness (QED) is 0.849. The lowest BCUT2D eigenvalue weighted by molar-refractivity contribution is -0.133. The first-order valence-corrected chi connectivity index (χ1v) is 8.76. The Kier molecular flexibility index (Phi) is 4.18. The molecule has 8 heteroatoms. The summed E-state index contributed by atoms with van der Waals surface area (Å²) in [4.78, 5) is 30.4. The summed E-state index contributed by atoms with van der Waals surface area (Å²) in [5.74, 6) is 0.0215. The predicted octanol–water partition coefficient (Wildman–Crippen LogP) is 2.55. The van der Waals surface area contributed by atoms with Gasteiger partial charge in [-0.3, -0.25) is 9.69 Å². The van der Waals surface area contributed by atoms with Crippen LogP contribution in [0, 0.1) is 5.82 Å². The van der Waals surface area contributed by atoms with Gasteiger partial charge in [0.1, 0.15) is 17.9 Å². The first kappa shape index (κ1) is 16.7. The first-order valence-electron chi connectivity index (χ1n) is 8.76. The van der Waals surface area contributed by atoms with Gasteiger partial charge in [0.15, 0.2) is 5.82 Å². The smallest absolute Gasteiger partial charge is 0.325 e. The minimum Gasteiger partial charge on any atom is -0.337 e. The van der Waals surface area contributed by atoms with E-state index in [9.17, 15) is 14.0 Å². The Morgan fingerprint density at radius 1 is 1.23 bits per heavy atom. The molecule has 3 amide bonds. The number of hydrogen-bond acceptors (Lipinski definition) is 5. The van der Waals surface area contributed by atoms with Gasteiger partial charge in [0, 0.05) is 6.42 Å². The van der Waals surface area contributed by atoms with Crippen LogP contribution in [0.1, 0.15) is 49.4 Å². The number of carbonyl (C=O) groups excluding carboxylic acids is 2. The molecule has 4 rings (SSSR count). The van der Waals surface area contributed by atoms with Gasteiger partial charge >= 0.3 is 6.03 Å². The fourth-order valence-corrected chi connectivity index (χ4v) is 3.70. The van der Waals surface area contributed by atoms with E-state index in [2.05, 4.69) is 15.5 Å². The van der Waals surface area contributed by atoms with Crippen molar-refractivity contribution in [3.8, 4) is 0 Å². The monoisotopic (exact) mass is 358 g/mol. The average molecular weight is 358 g/mol. The topological polar surface area (TPSA) is 88.3 Å². The van der Waals surface area contributed by atoms with Crippen LogP contribution in [-0.2, 0) is 17.8 Å². The fraction of sp³-hybridized carbons (Fsp3) is 0.444. The van der Waals surface area contributed by atoms with Crippen LogP contribution >= 0.6 is 0 Å². The highest BCUT2D eigenvalue weighted by molar-refractivity contribution is 6.06. The number of urea groups is 1. The van der Waals surface area contributed by atoms with Crippen molar-refractivity contribution >= 4 is 11.9 Å². The molecule has 2 aromatic rings. The van der Waals surface area contributed by atoms with Gasteiger partial charge in [0.25, 0.3) is 5.91 Å². The van der Waals surface area contributed by atoms with Gasteiger partial charge in [0.05, 0.1) is 0 Å². The highest BCUT2D eigenvalue weighted by atomic mass is 19.1. The molecule has 2 heterocycles. The Morgan fingerprint density at radius 3 is 2.81 bits per heavy atom. The Morgan fingerprint density at radius 2 is 2.04 bits per heavy atom. The Balaban J connectivity index is 1.45. The van der Waals surface area contributed by atoms with Gasteiger partial charge in [-0.25, -0.2) is 9.18 Å². The van der Waals surface area contributed by atoms with Crippen molar-refractivity contribution in [2.45, 2.75) is 50.6 Å². The zero-order valence-electron chi connectivity index (χ0n) is 14.2. The van der Waals surface area contributed by atoms with Crippen molar-refractivity contribution in [3.05, 3.63) is 47.4 Å². The molecule has 1 aliphatic carbocycles. The average Bonchev–Trinajstić information content (AvgIpc) is 3.14. The van der Waals surface area contributed by atoms with Crippen LogP contribution in [0.4, 0.5) is 9.18 Å². The number of rotatable bonds is 4. The molecule has 1 aliphatic heterocycles. The summed E-state index contributed by atoms with van der Waals surface area (Å²) >= 11 is 0. The lowest BCUT2D eigenvalue weighted by Crippen LogP contribution is -2.48. The molecule has 2 aliphatic rings. The number of aromatic nitrogens is 2. The predicted molar refractivity (Wildman–Crippen MR) is 88.4 cm³/mol. The third-order valence-corrected chi connectivity index (χ3v) is 5.01. The van der Waals surface area contributed by atoms with E-state index in [4.69, 9.17) is 4.52 Å². The minimum absolute atomic E-state index is 0.0530. The molecule has 0 unspecified atom stereocenters. The van der Waals surface area contributed by atoms with E-state index in [1.807, 2.05) is 0 Å². The maximum Gasteiger partial charge on any atom is 0.325 e. The first-order chi connectivity index (χ1) is 12.6. The number of nitrogens with one attached hydrogen (secondary N) is 1. The number of hydrogen-bond donors (Lipinski definition) is 1. The van der Waals surface area contributed by atoms with Crippen LogP contribution in [0.2, 0.25) is 0 Å². The third kappa shape index (κ3) is 3.07. The van der Waals surface area contributed by atoms with E-state index in [0.29, 0.717) is 30.7 Å². The highest BCUT2D eigenvalue weighted by Crippen LogP contribution is 2.34. The molecule has 136 valence electrons. The highest BCUT2D eigenvalue weighted by Gasteiger charge is 2.51. The number of amides is 3. The summed E-state index contributed by atoms with van der Waals surface area (Å²) in [6.45, 7) is -0.0530. The van der Waals surface area contributed by atoms with E-state index < -0.39 is 11.6 Å². The molecule has 26 heavy (non-hydrogen) atoms. The maximum absolute atomic E-state index is 13.3. The molecule has 1 N–H and O–H groups in total. The minimum atomic E-state index is -0.764. The maximum atomic E-state index is 13.3. The van der Waals surface area contributed by atoms with Crippen LogP contribution in [0.3, 0.4) is 0 Å². The molecule has 1 saturated carbocycles. The van der Waals surface area contributed by atoms with Crippen molar-refractivity contribution < 1.29 is 18.5 Å². The summed E-state index contributed by atoms with van der Waals surface area (Å²) in [7, 11) is 0. The Labute approximate surface area is 149 Å². The second-order valence-corrected chi connectivity index (χ2v) is 6.88. The summed E-state index contributed by atoms with van der Waals surface area (Å²) in [6, 6.07) is 5.73. The van der Waals surface area contributed by atoms with Gasteiger partial charge < -0.3 is 9.84 Å². The number of nitrogens with zero attached hydrogens (tertiary/aromatic N) is 3. The van der Waals surface area contributed by atoms with Crippen molar-refractivity contribution in [2.75, 3.05) is 0 Å². The SMILES string of the molecule is O=C1NC2(CCCCC2)C(=O)N1Cc1nc(Cc2cccc(F)c2)no1. The van der Waals surface area contributed by atoms with E-state index in [1.165, 1.54) is 12.1 Å². The molecule has 1 saturated heterocycles. The van der Waals surface area contributed by atoms with Gasteiger partial charge in [-0.05, 0) is 30.5 Å². The van der Waals surface area contributed by atoms with Crippen LogP contribution in [0.5, 0.6) is 0 Å². The second-order valence-electron chi connectivity index (χ2n) is 6.88. The molecular formula is C18H19FN4O3. The molecular weight excluding hydrogens is 339 g/mol. The normalized spacial score (nSPS) is 19.2. The number of carbonyl (C=O) groups is 2. The van der Waals surface area contributed by atoms with Gasteiger partial charge in [-0.2, -0.15) is 4.98 Å². The van der Waals surface area contributed by atoms with Gasteiger partial charge in [-0.15, -0.1) is 0 Å².